The van der Waals surface area contributed by atoms with Crippen molar-refractivity contribution in [1.82, 2.24) is 20.2 Å². The second kappa shape index (κ2) is 7.46. The van der Waals surface area contributed by atoms with Crippen LogP contribution < -0.4 is 11.1 Å². The quantitative estimate of drug-likeness (QED) is 0.460. The van der Waals surface area contributed by atoms with Crippen LogP contribution >= 0.6 is 11.8 Å². The number of anilines is 2. The minimum absolute atomic E-state index is 0.160. The summed E-state index contributed by atoms with van der Waals surface area (Å²) in [7, 11) is 0. The lowest BCUT2D eigenvalue weighted by Crippen LogP contribution is -2.12. The first-order valence-electron chi connectivity index (χ1n) is 8.23. The molecule has 2 aromatic heterocycles. The van der Waals surface area contributed by atoms with Gasteiger partial charge in [0.15, 0.2) is 0 Å². The predicted octanol–water partition coefficient (Wildman–Crippen LogP) is 3.48. The van der Waals surface area contributed by atoms with Gasteiger partial charge in [0.05, 0.1) is 5.52 Å². The number of carbonyl (C=O) groups excluding carboxylic acids is 1. The van der Waals surface area contributed by atoms with Gasteiger partial charge in [-0.3, -0.25) is 9.78 Å². The van der Waals surface area contributed by atoms with Crippen LogP contribution in [0.4, 0.5) is 11.6 Å². The first kappa shape index (κ1) is 17.0. The summed E-state index contributed by atoms with van der Waals surface area (Å²) in [6.07, 6.45) is 1.75. The number of benzene rings is 2. The molecule has 0 aliphatic rings. The van der Waals surface area contributed by atoms with E-state index in [0.29, 0.717) is 16.5 Å². The lowest BCUT2D eigenvalue weighted by atomic mass is 10.1. The monoisotopic (exact) mass is 376 g/mol. The van der Waals surface area contributed by atoms with Gasteiger partial charge in [-0.15, -0.1) is 5.10 Å². The van der Waals surface area contributed by atoms with Gasteiger partial charge in [-0.2, -0.15) is 4.98 Å². The van der Waals surface area contributed by atoms with E-state index in [4.69, 9.17) is 5.73 Å². The first-order valence-corrected chi connectivity index (χ1v) is 9.22. The van der Waals surface area contributed by atoms with Crippen LogP contribution in [0.5, 0.6) is 0 Å². The zero-order valence-electron chi connectivity index (χ0n) is 14.2. The van der Waals surface area contributed by atoms with Crippen molar-refractivity contribution < 1.29 is 4.79 Å². The van der Waals surface area contributed by atoms with E-state index in [1.54, 1.807) is 12.3 Å². The molecule has 4 N–H and O–H groups in total. The molecule has 8 heteroatoms. The van der Waals surface area contributed by atoms with E-state index in [-0.39, 0.29) is 11.9 Å². The zero-order valence-corrected chi connectivity index (χ0v) is 15.0. The Morgan fingerprint density at radius 2 is 2.07 bits per heavy atom. The number of nitrogens with two attached hydrogens (primary N) is 1. The Morgan fingerprint density at radius 1 is 1.15 bits per heavy atom. The van der Waals surface area contributed by atoms with Gasteiger partial charge in [0.25, 0.3) is 5.91 Å². The summed E-state index contributed by atoms with van der Waals surface area (Å²) in [5.74, 6) is 0.767. The van der Waals surface area contributed by atoms with E-state index in [1.165, 1.54) is 11.8 Å². The van der Waals surface area contributed by atoms with Gasteiger partial charge in [-0.1, -0.05) is 30.0 Å². The molecule has 2 heterocycles. The van der Waals surface area contributed by atoms with Crippen molar-refractivity contribution in [3.05, 3.63) is 71.9 Å². The van der Waals surface area contributed by atoms with Gasteiger partial charge in [0, 0.05) is 28.6 Å². The van der Waals surface area contributed by atoms with Crippen LogP contribution in [0.3, 0.4) is 0 Å². The largest absolute Gasteiger partial charge is 0.368 e. The summed E-state index contributed by atoms with van der Waals surface area (Å²) in [6.45, 7) is 0. The highest BCUT2D eigenvalue weighted by Gasteiger charge is 2.09. The topological polar surface area (TPSA) is 110 Å². The molecule has 0 saturated heterocycles. The Morgan fingerprint density at radius 3 is 2.93 bits per heavy atom. The summed E-state index contributed by atoms with van der Waals surface area (Å²) in [5, 5.41) is 11.1. The van der Waals surface area contributed by atoms with Crippen LogP contribution in [0.1, 0.15) is 15.9 Å². The van der Waals surface area contributed by atoms with Gasteiger partial charge >= 0.3 is 0 Å². The maximum absolute atomic E-state index is 12.6. The molecule has 0 unspecified atom stereocenters. The van der Waals surface area contributed by atoms with E-state index in [9.17, 15) is 4.79 Å². The SMILES string of the molecule is Nc1nc(SCc2cccc(C(=O)Nc3ccc4ncccc4c3)c2)n[nH]1. The number of thioether (sulfide) groups is 1. The third kappa shape index (κ3) is 4.06. The van der Waals surface area contributed by atoms with E-state index < -0.39 is 0 Å². The van der Waals surface area contributed by atoms with Crippen LogP contribution in [0.2, 0.25) is 0 Å². The second-order valence-electron chi connectivity index (χ2n) is 5.86. The number of nitrogens with zero attached hydrogens (tertiary/aromatic N) is 3. The van der Waals surface area contributed by atoms with E-state index >= 15 is 0 Å². The Kier molecular flexibility index (Phi) is 4.71. The van der Waals surface area contributed by atoms with E-state index in [2.05, 4.69) is 25.5 Å². The fraction of sp³-hybridized carbons (Fsp3) is 0.0526. The smallest absolute Gasteiger partial charge is 0.255 e. The Bertz CT molecular complexity index is 1110. The highest BCUT2D eigenvalue weighted by molar-refractivity contribution is 7.98. The standard InChI is InChI=1S/C19H16N6OS/c20-18-23-19(25-24-18)27-11-12-3-1-4-14(9-12)17(26)22-15-6-7-16-13(10-15)5-2-8-21-16/h1-10H,11H2,(H,22,26)(H3,20,23,24,25). The van der Waals surface area contributed by atoms with Gasteiger partial charge in [0.1, 0.15) is 0 Å². The summed E-state index contributed by atoms with van der Waals surface area (Å²) in [5.41, 5.74) is 8.73. The Balaban J connectivity index is 1.46. The molecule has 134 valence electrons. The molecule has 2 aromatic carbocycles. The first-order chi connectivity index (χ1) is 13.2. The van der Waals surface area contributed by atoms with Crippen molar-refractivity contribution in [3.8, 4) is 0 Å². The highest BCUT2D eigenvalue weighted by atomic mass is 32.2. The number of rotatable bonds is 5. The van der Waals surface area contributed by atoms with Crippen LogP contribution in [0, 0.1) is 0 Å². The van der Waals surface area contributed by atoms with Gasteiger partial charge in [-0.05, 0) is 42.0 Å². The number of aromatic nitrogens is 4. The predicted molar refractivity (Wildman–Crippen MR) is 106 cm³/mol. The third-order valence-electron chi connectivity index (χ3n) is 3.90. The van der Waals surface area contributed by atoms with Crippen LogP contribution in [0.25, 0.3) is 10.9 Å². The van der Waals surface area contributed by atoms with Crippen LogP contribution in [0.15, 0.2) is 66.0 Å². The molecule has 4 aromatic rings. The van der Waals surface area contributed by atoms with Crippen molar-refractivity contribution in [3.63, 3.8) is 0 Å². The molecule has 0 bridgehead atoms. The summed E-state index contributed by atoms with van der Waals surface area (Å²) < 4.78 is 0. The molecule has 0 aliphatic heterocycles. The number of nitrogens with one attached hydrogen (secondary N) is 2. The molecule has 0 fully saturated rings. The number of amides is 1. The fourth-order valence-electron chi connectivity index (χ4n) is 2.63. The lowest BCUT2D eigenvalue weighted by Gasteiger charge is -2.08. The van der Waals surface area contributed by atoms with Crippen LogP contribution in [-0.2, 0) is 5.75 Å². The maximum atomic E-state index is 12.6. The van der Waals surface area contributed by atoms with Gasteiger partial charge in [0.2, 0.25) is 11.1 Å². The lowest BCUT2D eigenvalue weighted by molar-refractivity contribution is 0.102. The molecule has 0 saturated carbocycles. The highest BCUT2D eigenvalue weighted by Crippen LogP contribution is 2.21. The fourth-order valence-corrected chi connectivity index (χ4v) is 3.38. The Hall–Kier alpha value is -3.39. The van der Waals surface area contributed by atoms with Crippen molar-refractivity contribution in [1.29, 1.82) is 0 Å². The molecule has 7 nitrogen and oxygen atoms in total. The average Bonchev–Trinajstić information content (AvgIpc) is 3.12. The van der Waals surface area contributed by atoms with Crippen LogP contribution in [-0.4, -0.2) is 26.1 Å². The molecule has 0 aliphatic carbocycles. The number of hydrogen-bond donors (Lipinski definition) is 3. The number of pyridine rings is 1. The van der Waals surface area contributed by atoms with Crippen molar-refractivity contribution in [2.24, 2.45) is 0 Å². The molecule has 1 amide bonds. The molecular formula is C19H16N6OS. The maximum Gasteiger partial charge on any atom is 0.255 e. The average molecular weight is 376 g/mol. The number of aromatic amines is 1. The number of carbonyl (C=O) groups is 1. The molecule has 0 spiro atoms. The minimum Gasteiger partial charge on any atom is -0.368 e. The number of hydrogen-bond acceptors (Lipinski definition) is 6. The van der Waals surface area contributed by atoms with Crippen molar-refractivity contribution in [2.45, 2.75) is 10.9 Å². The van der Waals surface area contributed by atoms with Crippen molar-refractivity contribution in [2.75, 3.05) is 11.1 Å². The number of nitrogen functional groups attached to an aromatic ring is 1. The van der Waals surface area contributed by atoms with E-state index in [0.717, 1.165) is 22.2 Å². The summed E-state index contributed by atoms with van der Waals surface area (Å²) in [6, 6.07) is 17.0. The molecular weight excluding hydrogens is 360 g/mol. The Labute approximate surface area is 159 Å². The minimum atomic E-state index is -0.160. The van der Waals surface area contributed by atoms with Gasteiger partial charge in [-0.25, -0.2) is 5.10 Å². The summed E-state index contributed by atoms with van der Waals surface area (Å²) >= 11 is 1.45. The normalized spacial score (nSPS) is 10.8. The second-order valence-corrected chi connectivity index (χ2v) is 6.80. The molecule has 0 radical (unpaired) electrons. The van der Waals surface area contributed by atoms with Crippen molar-refractivity contribution >= 4 is 40.2 Å². The number of H-pyrrole nitrogens is 1. The zero-order chi connectivity index (χ0) is 18.6. The molecule has 27 heavy (non-hydrogen) atoms. The van der Waals surface area contributed by atoms with Gasteiger partial charge < -0.3 is 11.1 Å². The molecule has 4 rings (SSSR count). The third-order valence-corrected chi connectivity index (χ3v) is 4.82. The summed E-state index contributed by atoms with van der Waals surface area (Å²) in [4.78, 5) is 20.9. The van der Waals surface area contributed by atoms with E-state index in [1.807, 2.05) is 48.5 Å². The molecule has 0 atom stereocenters. The number of fused-ring (bicyclic) bond motifs is 1.